The van der Waals surface area contributed by atoms with Crippen LogP contribution in [0.5, 0.6) is 0 Å². The number of rotatable bonds is 3. The van der Waals surface area contributed by atoms with E-state index in [0.717, 1.165) is 5.57 Å². The molecule has 1 aliphatic rings. The maximum atomic E-state index is 12.8. The fourth-order valence-electron chi connectivity index (χ4n) is 2.22. The lowest BCUT2D eigenvalue weighted by Crippen LogP contribution is -2.48. The van der Waals surface area contributed by atoms with Crippen molar-refractivity contribution in [2.24, 2.45) is 4.99 Å². The minimum atomic E-state index is -0.207. The number of nitrogens with one attached hydrogen (secondary N) is 1. The van der Waals surface area contributed by atoms with Crippen molar-refractivity contribution in [3.63, 3.8) is 0 Å². The smallest absolute Gasteiger partial charge is 0.267 e. The molecule has 0 saturated heterocycles. The summed E-state index contributed by atoms with van der Waals surface area (Å²) in [6.07, 6.45) is 3.70. The molecular formula is C17H18ClN3O. The van der Waals surface area contributed by atoms with E-state index >= 15 is 0 Å². The summed E-state index contributed by atoms with van der Waals surface area (Å²) in [5.74, 6) is 0.319. The molecule has 5 heteroatoms. The van der Waals surface area contributed by atoms with E-state index in [4.69, 9.17) is 11.6 Å². The molecule has 1 aromatic rings. The molecular weight excluding hydrogens is 298 g/mol. The summed E-state index contributed by atoms with van der Waals surface area (Å²) in [5, 5.41) is 1.94. The number of hydrazine groups is 1. The lowest BCUT2D eigenvalue weighted by molar-refractivity contribution is -0.123. The van der Waals surface area contributed by atoms with Crippen LogP contribution in [0.4, 0.5) is 0 Å². The van der Waals surface area contributed by atoms with Crippen molar-refractivity contribution < 1.29 is 4.79 Å². The number of aliphatic imine (C=N–C) groups is 1. The largest absolute Gasteiger partial charge is 0.274 e. The van der Waals surface area contributed by atoms with Gasteiger partial charge in [-0.25, -0.2) is 15.4 Å². The third kappa shape index (κ3) is 3.03. The molecule has 0 aromatic heterocycles. The van der Waals surface area contributed by atoms with Crippen LogP contribution < -0.4 is 5.43 Å². The monoisotopic (exact) mass is 315 g/mol. The zero-order chi connectivity index (χ0) is 16.3. The van der Waals surface area contributed by atoms with Crippen molar-refractivity contribution in [2.45, 2.75) is 13.8 Å². The van der Waals surface area contributed by atoms with Crippen molar-refractivity contribution in [1.29, 1.82) is 0 Å². The molecule has 0 spiro atoms. The summed E-state index contributed by atoms with van der Waals surface area (Å²) in [7, 11) is 1.68. The van der Waals surface area contributed by atoms with Gasteiger partial charge in [-0.2, -0.15) is 0 Å². The molecule has 1 amide bonds. The molecule has 4 nitrogen and oxygen atoms in total. The van der Waals surface area contributed by atoms with Crippen LogP contribution in [0.25, 0.3) is 5.57 Å². The minimum Gasteiger partial charge on any atom is -0.267 e. The van der Waals surface area contributed by atoms with Crippen LogP contribution in [0.3, 0.4) is 0 Å². The summed E-state index contributed by atoms with van der Waals surface area (Å²) >= 11 is 6.23. The van der Waals surface area contributed by atoms with Crippen molar-refractivity contribution in [2.75, 3.05) is 7.05 Å². The average molecular weight is 316 g/mol. The summed E-state index contributed by atoms with van der Waals surface area (Å²) in [5.41, 5.74) is 5.55. The molecule has 0 aliphatic carbocycles. The molecule has 1 N–H and O–H groups in total. The van der Waals surface area contributed by atoms with Crippen LogP contribution >= 0.6 is 11.6 Å². The van der Waals surface area contributed by atoms with Gasteiger partial charge in [0.2, 0.25) is 0 Å². The number of carbonyl (C=O) groups is 1. The van der Waals surface area contributed by atoms with E-state index in [0.29, 0.717) is 27.7 Å². The second-order valence-electron chi connectivity index (χ2n) is 4.82. The molecule has 0 atom stereocenters. The summed E-state index contributed by atoms with van der Waals surface area (Å²) < 4.78 is 0. The maximum Gasteiger partial charge on any atom is 0.274 e. The predicted molar refractivity (Wildman–Crippen MR) is 91.3 cm³/mol. The quantitative estimate of drug-likeness (QED) is 0.926. The Morgan fingerprint density at radius 1 is 1.41 bits per heavy atom. The van der Waals surface area contributed by atoms with E-state index in [2.05, 4.69) is 17.0 Å². The van der Waals surface area contributed by atoms with Crippen molar-refractivity contribution in [1.82, 2.24) is 10.4 Å². The van der Waals surface area contributed by atoms with Gasteiger partial charge in [0.05, 0.1) is 5.57 Å². The Morgan fingerprint density at radius 3 is 2.64 bits per heavy atom. The Kier molecular flexibility index (Phi) is 4.96. The molecule has 0 saturated carbocycles. The first kappa shape index (κ1) is 16.2. The predicted octanol–water partition coefficient (Wildman–Crippen LogP) is 3.58. The zero-order valence-corrected chi connectivity index (χ0v) is 13.6. The van der Waals surface area contributed by atoms with Gasteiger partial charge in [0, 0.05) is 28.9 Å². The van der Waals surface area contributed by atoms with Crippen LogP contribution in [0.1, 0.15) is 19.4 Å². The van der Waals surface area contributed by atoms with Crippen LogP contribution in [-0.4, -0.2) is 23.8 Å². The highest BCUT2D eigenvalue weighted by Crippen LogP contribution is 2.30. The number of nitrogens with zero attached hydrogens (tertiary/aromatic N) is 2. The number of benzene rings is 1. The minimum absolute atomic E-state index is 0.207. The molecule has 114 valence electrons. The number of halogens is 1. The molecule has 0 bridgehead atoms. The number of hydrogen-bond acceptors (Lipinski definition) is 3. The lowest BCUT2D eigenvalue weighted by Gasteiger charge is -2.29. The van der Waals surface area contributed by atoms with Gasteiger partial charge in [0.15, 0.2) is 5.84 Å². The number of hydrogen-bond donors (Lipinski definition) is 1. The summed E-state index contributed by atoms with van der Waals surface area (Å²) in [4.78, 5) is 17.1. The fourth-order valence-corrected chi connectivity index (χ4v) is 2.45. The van der Waals surface area contributed by atoms with Gasteiger partial charge in [-0.05, 0) is 26.0 Å². The van der Waals surface area contributed by atoms with Crippen molar-refractivity contribution in [3.05, 3.63) is 64.9 Å². The number of amidine groups is 1. The molecule has 0 radical (unpaired) electrons. The van der Waals surface area contributed by atoms with Gasteiger partial charge in [0.25, 0.3) is 5.91 Å². The van der Waals surface area contributed by atoms with Gasteiger partial charge >= 0.3 is 0 Å². The first-order valence-electron chi connectivity index (χ1n) is 6.89. The Labute approximate surface area is 135 Å². The third-order valence-corrected chi connectivity index (χ3v) is 3.53. The van der Waals surface area contributed by atoms with Crippen LogP contribution in [0, 0.1) is 0 Å². The van der Waals surface area contributed by atoms with Gasteiger partial charge in [-0.15, -0.1) is 0 Å². The molecule has 1 heterocycles. The van der Waals surface area contributed by atoms with Gasteiger partial charge in [0.1, 0.15) is 0 Å². The van der Waals surface area contributed by atoms with E-state index < -0.39 is 0 Å². The van der Waals surface area contributed by atoms with E-state index in [-0.39, 0.29) is 5.91 Å². The number of amides is 1. The lowest BCUT2D eigenvalue weighted by atomic mass is 9.97. The standard InChI is InChI=1S/C17H18ClN3O/c1-5-12-10-14(13-8-6-7-9-15(13)18)17(22)21(19-4)16(12)20-11(2)3/h5-10,19H,2H2,1,3-4H3/b12-5-,20-16?. The second-order valence-corrected chi connectivity index (χ2v) is 5.22. The van der Waals surface area contributed by atoms with Crippen molar-refractivity contribution >= 4 is 28.9 Å². The number of allylic oxidation sites excluding steroid dienone is 2. The fraction of sp³-hybridized carbons (Fsp3) is 0.176. The summed E-state index contributed by atoms with van der Waals surface area (Å²) in [6, 6.07) is 7.28. The van der Waals surface area contributed by atoms with Crippen LogP contribution in [0.2, 0.25) is 5.02 Å². The topological polar surface area (TPSA) is 44.7 Å². The average Bonchev–Trinajstić information content (AvgIpc) is 2.48. The van der Waals surface area contributed by atoms with E-state index in [1.807, 2.05) is 31.2 Å². The van der Waals surface area contributed by atoms with Crippen LogP contribution in [-0.2, 0) is 4.79 Å². The van der Waals surface area contributed by atoms with Crippen LogP contribution in [0.15, 0.2) is 59.3 Å². The molecule has 1 aliphatic heterocycles. The van der Waals surface area contributed by atoms with Crippen molar-refractivity contribution in [3.8, 4) is 0 Å². The second kappa shape index (κ2) is 6.73. The SMILES string of the molecule is C=C(C)N=C1/C(=C\C)C=C(c2ccccc2Cl)C(=O)N1NC. The van der Waals surface area contributed by atoms with E-state index in [1.165, 1.54) is 5.01 Å². The zero-order valence-electron chi connectivity index (χ0n) is 12.9. The Hall–Kier alpha value is -2.17. The molecule has 0 unspecified atom stereocenters. The highest BCUT2D eigenvalue weighted by molar-refractivity contribution is 6.37. The first-order chi connectivity index (χ1) is 10.5. The Morgan fingerprint density at radius 2 is 2.09 bits per heavy atom. The molecule has 0 fully saturated rings. The van der Waals surface area contributed by atoms with E-state index in [1.54, 1.807) is 26.1 Å². The first-order valence-corrected chi connectivity index (χ1v) is 7.26. The molecule has 2 rings (SSSR count). The maximum absolute atomic E-state index is 12.8. The summed E-state index contributed by atoms with van der Waals surface area (Å²) in [6.45, 7) is 7.46. The van der Waals surface area contributed by atoms with Gasteiger partial charge in [-0.3, -0.25) is 4.79 Å². The van der Waals surface area contributed by atoms with Gasteiger partial charge in [-0.1, -0.05) is 42.5 Å². The van der Waals surface area contributed by atoms with E-state index in [9.17, 15) is 4.79 Å². The van der Waals surface area contributed by atoms with Gasteiger partial charge < -0.3 is 0 Å². The number of carbonyl (C=O) groups excluding carboxylic acids is 1. The Bertz CT molecular complexity index is 716. The third-order valence-electron chi connectivity index (χ3n) is 3.20. The molecule has 22 heavy (non-hydrogen) atoms. The molecule has 1 aromatic carbocycles. The Balaban J connectivity index is 2.64. The normalized spacial score (nSPS) is 18.8. The highest BCUT2D eigenvalue weighted by atomic mass is 35.5. The highest BCUT2D eigenvalue weighted by Gasteiger charge is 2.30.